The molecule has 8 nitrogen and oxygen atoms in total. The number of hydrogen-bond donors (Lipinski definition) is 1. The van der Waals surface area contributed by atoms with Gasteiger partial charge in [0, 0.05) is 32.4 Å². The van der Waals surface area contributed by atoms with E-state index >= 15 is 0 Å². The minimum absolute atomic E-state index is 0.00399. The lowest BCUT2D eigenvalue weighted by atomic mass is 9.90. The Morgan fingerprint density at radius 1 is 1.04 bits per heavy atom. The SMILES string of the molecule is CC.CCC(=O)NCCC(C)(C)OCCC(C)(C)C(=O)ON1C(=O)CCC1=O. The van der Waals surface area contributed by atoms with Gasteiger partial charge in [0.2, 0.25) is 5.91 Å². The van der Waals surface area contributed by atoms with Gasteiger partial charge in [-0.2, -0.15) is 0 Å². The molecule has 1 N–H and O–H groups in total. The monoisotopic (exact) mass is 400 g/mol. The summed E-state index contributed by atoms with van der Waals surface area (Å²) in [5.74, 6) is -1.63. The summed E-state index contributed by atoms with van der Waals surface area (Å²) >= 11 is 0. The Kier molecular flexibility index (Phi) is 11.0. The van der Waals surface area contributed by atoms with E-state index in [1.54, 1.807) is 20.8 Å². The number of nitrogens with one attached hydrogen (secondary N) is 1. The predicted octanol–water partition coefficient (Wildman–Crippen LogP) is 2.75. The quantitative estimate of drug-likeness (QED) is 0.566. The van der Waals surface area contributed by atoms with Crippen molar-refractivity contribution in [3.63, 3.8) is 0 Å². The fourth-order valence-corrected chi connectivity index (χ4v) is 2.25. The molecule has 0 saturated carbocycles. The van der Waals surface area contributed by atoms with Crippen LogP contribution < -0.4 is 5.32 Å². The lowest BCUT2D eigenvalue weighted by Crippen LogP contribution is -2.39. The van der Waals surface area contributed by atoms with Crippen LogP contribution in [-0.2, 0) is 28.8 Å². The molecular weight excluding hydrogens is 364 g/mol. The van der Waals surface area contributed by atoms with Gasteiger partial charge in [0.1, 0.15) is 0 Å². The number of hydrogen-bond acceptors (Lipinski definition) is 6. The zero-order valence-electron chi connectivity index (χ0n) is 18.3. The molecule has 0 aromatic heterocycles. The molecule has 28 heavy (non-hydrogen) atoms. The molecule has 0 aromatic carbocycles. The Labute approximate surface area is 168 Å². The summed E-state index contributed by atoms with van der Waals surface area (Å²) in [4.78, 5) is 51.6. The predicted molar refractivity (Wildman–Crippen MR) is 105 cm³/mol. The number of hydroxylamine groups is 2. The summed E-state index contributed by atoms with van der Waals surface area (Å²) in [5, 5.41) is 3.36. The molecule has 3 amide bonds. The first-order valence-electron chi connectivity index (χ1n) is 9.97. The normalized spacial score (nSPS) is 14.5. The molecule has 0 radical (unpaired) electrons. The van der Waals surface area contributed by atoms with E-state index in [1.807, 2.05) is 27.7 Å². The van der Waals surface area contributed by atoms with Crippen LogP contribution in [0.5, 0.6) is 0 Å². The third-order valence-electron chi connectivity index (χ3n) is 4.32. The van der Waals surface area contributed by atoms with Gasteiger partial charge in [-0.05, 0) is 40.5 Å². The number of imide groups is 1. The first kappa shape index (κ1) is 26.0. The van der Waals surface area contributed by atoms with E-state index in [0.29, 0.717) is 37.5 Å². The second-order valence-electron chi connectivity index (χ2n) is 7.66. The molecule has 0 unspecified atom stereocenters. The van der Waals surface area contributed by atoms with Gasteiger partial charge in [0.25, 0.3) is 11.8 Å². The van der Waals surface area contributed by atoms with E-state index in [-0.39, 0.29) is 18.7 Å². The van der Waals surface area contributed by atoms with Crippen molar-refractivity contribution >= 4 is 23.7 Å². The molecule has 1 aliphatic heterocycles. The van der Waals surface area contributed by atoms with E-state index in [0.717, 1.165) is 0 Å². The number of nitrogens with zero attached hydrogens (tertiary/aromatic N) is 1. The maximum Gasteiger partial charge on any atom is 0.338 e. The van der Waals surface area contributed by atoms with Crippen LogP contribution in [0.3, 0.4) is 0 Å². The Balaban J connectivity index is 0.00000352. The molecule has 1 saturated heterocycles. The average Bonchev–Trinajstić information content (AvgIpc) is 2.94. The Bertz CT molecular complexity index is 541. The largest absolute Gasteiger partial charge is 0.375 e. The fraction of sp³-hybridized carbons (Fsp3) is 0.800. The Morgan fingerprint density at radius 3 is 2.07 bits per heavy atom. The molecule has 0 atom stereocenters. The fourth-order valence-electron chi connectivity index (χ4n) is 2.25. The molecule has 0 spiro atoms. The lowest BCUT2D eigenvalue weighted by Gasteiger charge is -2.29. The number of rotatable bonds is 10. The molecule has 0 bridgehead atoms. The van der Waals surface area contributed by atoms with E-state index in [9.17, 15) is 19.2 Å². The van der Waals surface area contributed by atoms with Gasteiger partial charge < -0.3 is 14.9 Å². The van der Waals surface area contributed by atoms with E-state index < -0.39 is 28.8 Å². The van der Waals surface area contributed by atoms with Crippen LogP contribution in [0.25, 0.3) is 0 Å². The van der Waals surface area contributed by atoms with Crippen LogP contribution >= 0.6 is 0 Å². The maximum atomic E-state index is 12.3. The molecule has 1 rings (SSSR count). The first-order valence-corrected chi connectivity index (χ1v) is 9.97. The molecule has 1 aliphatic rings. The van der Waals surface area contributed by atoms with Crippen LogP contribution in [0.4, 0.5) is 0 Å². The van der Waals surface area contributed by atoms with Gasteiger partial charge in [0.15, 0.2) is 0 Å². The van der Waals surface area contributed by atoms with Gasteiger partial charge >= 0.3 is 5.97 Å². The van der Waals surface area contributed by atoms with Crippen molar-refractivity contribution in [2.24, 2.45) is 5.41 Å². The molecular formula is C20H36N2O6. The molecule has 1 fully saturated rings. The molecule has 162 valence electrons. The van der Waals surface area contributed by atoms with Gasteiger partial charge in [-0.3, -0.25) is 14.4 Å². The highest BCUT2D eigenvalue weighted by Crippen LogP contribution is 2.26. The highest BCUT2D eigenvalue weighted by atomic mass is 16.7. The third kappa shape index (κ3) is 8.82. The van der Waals surface area contributed by atoms with Crippen LogP contribution in [-0.4, -0.2) is 47.5 Å². The van der Waals surface area contributed by atoms with Crippen LogP contribution in [0.1, 0.15) is 80.6 Å². The minimum Gasteiger partial charge on any atom is -0.375 e. The zero-order chi connectivity index (χ0) is 22.0. The van der Waals surface area contributed by atoms with Crippen molar-refractivity contribution in [1.82, 2.24) is 10.4 Å². The Hall–Kier alpha value is -1.96. The number of ether oxygens (including phenoxy) is 1. The van der Waals surface area contributed by atoms with Crippen molar-refractivity contribution in [3.8, 4) is 0 Å². The second-order valence-corrected chi connectivity index (χ2v) is 7.66. The Morgan fingerprint density at radius 2 is 1.57 bits per heavy atom. The van der Waals surface area contributed by atoms with Gasteiger partial charge in [-0.25, -0.2) is 4.79 Å². The van der Waals surface area contributed by atoms with Crippen molar-refractivity contribution in [3.05, 3.63) is 0 Å². The number of carbonyl (C=O) groups excluding carboxylic acids is 4. The van der Waals surface area contributed by atoms with E-state index in [2.05, 4.69) is 5.32 Å². The molecule has 0 aliphatic carbocycles. The van der Waals surface area contributed by atoms with Crippen molar-refractivity contribution in [2.75, 3.05) is 13.2 Å². The maximum absolute atomic E-state index is 12.3. The minimum atomic E-state index is -0.907. The second kappa shape index (κ2) is 11.8. The molecule has 0 aromatic rings. The van der Waals surface area contributed by atoms with E-state index in [1.165, 1.54) is 0 Å². The summed E-state index contributed by atoms with van der Waals surface area (Å²) in [6.07, 6.45) is 1.59. The van der Waals surface area contributed by atoms with Crippen LogP contribution in [0, 0.1) is 5.41 Å². The van der Waals surface area contributed by atoms with Crippen molar-refractivity contribution in [2.45, 2.75) is 86.2 Å². The summed E-state index contributed by atoms with van der Waals surface area (Å²) < 4.78 is 5.84. The summed E-state index contributed by atoms with van der Waals surface area (Å²) in [6, 6.07) is 0. The first-order chi connectivity index (χ1) is 13.0. The zero-order valence-corrected chi connectivity index (χ0v) is 18.3. The topological polar surface area (TPSA) is 102 Å². The smallest absolute Gasteiger partial charge is 0.338 e. The summed E-state index contributed by atoms with van der Waals surface area (Å²) in [6.45, 7) is 13.8. The molecule has 1 heterocycles. The highest BCUT2D eigenvalue weighted by molar-refractivity contribution is 6.01. The third-order valence-corrected chi connectivity index (χ3v) is 4.32. The van der Waals surface area contributed by atoms with Crippen molar-refractivity contribution in [1.29, 1.82) is 0 Å². The van der Waals surface area contributed by atoms with Gasteiger partial charge in [-0.1, -0.05) is 20.8 Å². The van der Waals surface area contributed by atoms with Gasteiger partial charge in [-0.15, -0.1) is 5.06 Å². The highest BCUT2D eigenvalue weighted by Gasteiger charge is 2.38. The standard InChI is InChI=1S/C18H30N2O6.C2H6/c1-6-13(21)19-11-9-18(4,5)25-12-10-17(2,3)16(24)26-20-14(22)7-8-15(20)23;1-2/h6-12H2,1-5H3,(H,19,21);1-2H3. The van der Waals surface area contributed by atoms with Gasteiger partial charge in [0.05, 0.1) is 11.0 Å². The van der Waals surface area contributed by atoms with Crippen LogP contribution in [0.15, 0.2) is 0 Å². The molecule has 8 heteroatoms. The van der Waals surface area contributed by atoms with E-state index in [4.69, 9.17) is 9.57 Å². The summed E-state index contributed by atoms with van der Waals surface area (Å²) in [5.41, 5.74) is -1.36. The summed E-state index contributed by atoms with van der Waals surface area (Å²) in [7, 11) is 0. The van der Waals surface area contributed by atoms with Crippen LogP contribution in [0.2, 0.25) is 0 Å². The lowest BCUT2D eigenvalue weighted by molar-refractivity contribution is -0.205. The average molecular weight is 401 g/mol. The van der Waals surface area contributed by atoms with Crippen molar-refractivity contribution < 1.29 is 28.8 Å². The number of carbonyl (C=O) groups is 4. The number of amides is 3.